The maximum atomic E-state index is 12.8. The predicted molar refractivity (Wildman–Crippen MR) is 75.2 cm³/mol. The van der Waals surface area contributed by atoms with E-state index >= 15 is 0 Å². The lowest BCUT2D eigenvalue weighted by atomic mass is 10.1. The predicted octanol–water partition coefficient (Wildman–Crippen LogP) is 1.79. The lowest BCUT2D eigenvalue weighted by Crippen LogP contribution is -2.14. The van der Waals surface area contributed by atoms with E-state index in [1.807, 2.05) is 0 Å². The molecule has 0 spiro atoms. The first-order valence-corrected chi connectivity index (χ1v) is 6.48. The molecular formula is C14H12FN5O2. The zero-order valence-corrected chi connectivity index (χ0v) is 11.7. The van der Waals surface area contributed by atoms with Crippen LogP contribution in [0.3, 0.4) is 0 Å². The minimum atomic E-state index is -0.345. The van der Waals surface area contributed by atoms with Crippen LogP contribution in [0.2, 0.25) is 0 Å². The van der Waals surface area contributed by atoms with Gasteiger partial charge in [0, 0.05) is 13.2 Å². The maximum absolute atomic E-state index is 12.8. The van der Waals surface area contributed by atoms with Gasteiger partial charge >= 0.3 is 6.01 Å². The molecule has 0 radical (unpaired) electrons. The van der Waals surface area contributed by atoms with E-state index in [0.717, 1.165) is 0 Å². The molecule has 0 saturated carbocycles. The van der Waals surface area contributed by atoms with Crippen molar-refractivity contribution < 1.29 is 13.6 Å². The molecule has 0 fully saturated rings. The van der Waals surface area contributed by atoms with Crippen LogP contribution < -0.4 is 5.32 Å². The highest BCUT2D eigenvalue weighted by atomic mass is 19.1. The molecule has 0 atom stereocenters. The highest BCUT2D eigenvalue weighted by Gasteiger charge is 2.13. The second kappa shape index (κ2) is 5.76. The van der Waals surface area contributed by atoms with Crippen LogP contribution in [0.15, 0.2) is 40.9 Å². The van der Waals surface area contributed by atoms with E-state index in [2.05, 4.69) is 20.6 Å². The van der Waals surface area contributed by atoms with Gasteiger partial charge in [-0.05, 0) is 23.8 Å². The van der Waals surface area contributed by atoms with Crippen molar-refractivity contribution in [1.29, 1.82) is 0 Å². The average molecular weight is 301 g/mol. The molecule has 0 aliphatic rings. The summed E-state index contributed by atoms with van der Waals surface area (Å²) in [7, 11) is 1.74. The van der Waals surface area contributed by atoms with E-state index in [9.17, 15) is 9.18 Å². The van der Waals surface area contributed by atoms with Crippen LogP contribution >= 0.6 is 0 Å². The topological polar surface area (TPSA) is 85.8 Å². The fourth-order valence-corrected chi connectivity index (χ4v) is 1.91. The summed E-state index contributed by atoms with van der Waals surface area (Å²) in [5.74, 6) is -0.411. The summed E-state index contributed by atoms with van der Waals surface area (Å²) in [6.45, 7) is 0. The largest absolute Gasteiger partial charge is 0.401 e. The van der Waals surface area contributed by atoms with Crippen LogP contribution in [0.1, 0.15) is 5.56 Å². The van der Waals surface area contributed by atoms with Gasteiger partial charge in [0.05, 0.1) is 6.42 Å². The zero-order chi connectivity index (χ0) is 15.5. The summed E-state index contributed by atoms with van der Waals surface area (Å²) in [5.41, 5.74) is 1.33. The molecule has 3 aromatic rings. The third-order valence-electron chi connectivity index (χ3n) is 2.99. The Morgan fingerprint density at radius 1 is 1.27 bits per heavy atom. The fourth-order valence-electron chi connectivity index (χ4n) is 1.91. The Morgan fingerprint density at radius 3 is 2.73 bits per heavy atom. The Kier molecular flexibility index (Phi) is 3.65. The quantitative estimate of drug-likeness (QED) is 0.794. The number of nitrogens with one attached hydrogen (secondary N) is 1. The van der Waals surface area contributed by atoms with E-state index < -0.39 is 0 Å². The van der Waals surface area contributed by atoms with Gasteiger partial charge in [-0.15, -0.1) is 5.10 Å². The van der Waals surface area contributed by atoms with Crippen LogP contribution in [0.5, 0.6) is 0 Å². The summed E-state index contributed by atoms with van der Waals surface area (Å²) in [6.07, 6.45) is 1.69. The van der Waals surface area contributed by atoms with Gasteiger partial charge in [0.25, 0.3) is 5.89 Å². The number of hydrogen-bond acceptors (Lipinski definition) is 5. The van der Waals surface area contributed by atoms with Gasteiger partial charge in [-0.1, -0.05) is 17.2 Å². The second-order valence-electron chi connectivity index (χ2n) is 4.60. The molecule has 8 heteroatoms. The molecule has 0 saturated heterocycles. The van der Waals surface area contributed by atoms with Gasteiger partial charge in [-0.3, -0.25) is 14.8 Å². The van der Waals surface area contributed by atoms with Crippen molar-refractivity contribution in [3.63, 3.8) is 0 Å². The summed E-state index contributed by atoms with van der Waals surface area (Å²) in [5, 5.41) is 14.1. The Morgan fingerprint density at radius 2 is 2.05 bits per heavy atom. The first-order chi connectivity index (χ1) is 10.6. The number of benzene rings is 1. The Bertz CT molecular complexity index is 794. The second-order valence-corrected chi connectivity index (χ2v) is 4.60. The van der Waals surface area contributed by atoms with Crippen LogP contribution in [0.25, 0.3) is 11.6 Å². The van der Waals surface area contributed by atoms with Gasteiger partial charge < -0.3 is 4.42 Å². The summed E-state index contributed by atoms with van der Waals surface area (Å²) >= 11 is 0. The highest BCUT2D eigenvalue weighted by molar-refractivity contribution is 5.90. The number of aryl methyl sites for hydroxylation is 1. The van der Waals surface area contributed by atoms with E-state index in [1.54, 1.807) is 36.1 Å². The molecule has 1 aromatic carbocycles. The average Bonchev–Trinajstić information content (AvgIpc) is 3.10. The normalized spacial score (nSPS) is 10.6. The summed E-state index contributed by atoms with van der Waals surface area (Å²) in [4.78, 5) is 11.9. The molecular weight excluding hydrogens is 289 g/mol. The molecule has 1 amide bonds. The number of aromatic nitrogens is 4. The minimum absolute atomic E-state index is 0.00307. The van der Waals surface area contributed by atoms with Crippen LogP contribution in [0, 0.1) is 5.82 Å². The van der Waals surface area contributed by atoms with Crippen molar-refractivity contribution in [1.82, 2.24) is 20.0 Å². The minimum Gasteiger partial charge on any atom is -0.401 e. The van der Waals surface area contributed by atoms with Crippen molar-refractivity contribution in [2.45, 2.75) is 6.42 Å². The standard InChI is InChI=1S/C14H12FN5O2/c1-20-11(6-7-16-20)13-18-19-14(22-13)17-12(21)8-9-2-4-10(15)5-3-9/h2-7H,8H2,1H3,(H,17,19,21). The molecule has 112 valence electrons. The Balaban J connectivity index is 1.66. The van der Waals surface area contributed by atoms with Gasteiger partial charge in [-0.2, -0.15) is 5.10 Å². The number of hydrogen-bond donors (Lipinski definition) is 1. The van der Waals surface area contributed by atoms with E-state index in [1.165, 1.54) is 12.1 Å². The van der Waals surface area contributed by atoms with Crippen LogP contribution in [-0.4, -0.2) is 25.9 Å². The summed E-state index contributed by atoms with van der Waals surface area (Å²) in [6, 6.07) is 7.42. The number of halogens is 1. The van der Waals surface area contributed by atoms with Crippen molar-refractivity contribution in [3.05, 3.63) is 47.9 Å². The number of amides is 1. The van der Waals surface area contributed by atoms with Gasteiger partial charge in [-0.25, -0.2) is 4.39 Å². The Hall–Kier alpha value is -3.03. The number of anilines is 1. The SMILES string of the molecule is Cn1nccc1-c1nnc(NC(=O)Cc2ccc(F)cc2)o1. The number of rotatable bonds is 4. The molecule has 0 aliphatic carbocycles. The van der Waals surface area contributed by atoms with Gasteiger partial charge in [0.15, 0.2) is 0 Å². The molecule has 3 rings (SSSR count). The molecule has 1 N–H and O–H groups in total. The monoisotopic (exact) mass is 301 g/mol. The van der Waals surface area contributed by atoms with Crippen LogP contribution in [-0.2, 0) is 18.3 Å². The van der Waals surface area contributed by atoms with E-state index in [-0.39, 0.29) is 30.1 Å². The van der Waals surface area contributed by atoms with E-state index in [0.29, 0.717) is 11.3 Å². The molecule has 0 unspecified atom stereocenters. The molecule has 0 bridgehead atoms. The van der Waals surface area contributed by atoms with Crippen molar-refractivity contribution in [2.75, 3.05) is 5.32 Å². The lowest BCUT2D eigenvalue weighted by Gasteiger charge is -2.01. The first kappa shape index (κ1) is 13.9. The van der Waals surface area contributed by atoms with Crippen molar-refractivity contribution in [3.8, 4) is 11.6 Å². The molecule has 7 nitrogen and oxygen atoms in total. The number of carbonyl (C=O) groups is 1. The highest BCUT2D eigenvalue weighted by Crippen LogP contribution is 2.18. The van der Waals surface area contributed by atoms with E-state index in [4.69, 9.17) is 4.42 Å². The van der Waals surface area contributed by atoms with Gasteiger partial charge in [0.1, 0.15) is 11.5 Å². The van der Waals surface area contributed by atoms with Crippen LogP contribution in [0.4, 0.5) is 10.4 Å². The maximum Gasteiger partial charge on any atom is 0.322 e. The third-order valence-corrected chi connectivity index (χ3v) is 2.99. The lowest BCUT2D eigenvalue weighted by molar-refractivity contribution is -0.115. The smallest absolute Gasteiger partial charge is 0.322 e. The Labute approximate surface area is 124 Å². The summed E-state index contributed by atoms with van der Waals surface area (Å²) < 4.78 is 19.7. The number of nitrogens with zero attached hydrogens (tertiary/aromatic N) is 4. The molecule has 0 aliphatic heterocycles. The van der Waals surface area contributed by atoms with Crippen molar-refractivity contribution in [2.24, 2.45) is 7.05 Å². The van der Waals surface area contributed by atoms with Crippen molar-refractivity contribution >= 4 is 11.9 Å². The van der Waals surface area contributed by atoms with Gasteiger partial charge in [0.2, 0.25) is 5.91 Å². The zero-order valence-electron chi connectivity index (χ0n) is 11.7. The third kappa shape index (κ3) is 3.00. The molecule has 2 heterocycles. The fraction of sp³-hybridized carbons (Fsp3) is 0.143. The molecule has 2 aromatic heterocycles. The first-order valence-electron chi connectivity index (χ1n) is 6.48. The molecule has 22 heavy (non-hydrogen) atoms. The number of carbonyl (C=O) groups excluding carboxylic acids is 1.